The van der Waals surface area contributed by atoms with Gasteiger partial charge in [-0.2, -0.15) is 4.31 Å². The molecule has 0 spiro atoms. The van der Waals surface area contributed by atoms with E-state index in [-0.39, 0.29) is 35.6 Å². The van der Waals surface area contributed by atoms with Gasteiger partial charge in [-0.25, -0.2) is 8.42 Å². The van der Waals surface area contributed by atoms with Crippen LogP contribution in [0, 0.1) is 5.92 Å². The number of amides is 1. The molecule has 0 aliphatic carbocycles. The van der Waals surface area contributed by atoms with Gasteiger partial charge in [-0.05, 0) is 49.1 Å². The Morgan fingerprint density at radius 3 is 2.03 bits per heavy atom. The molecule has 0 atom stereocenters. The third-order valence-electron chi connectivity index (χ3n) is 6.37. The van der Waals surface area contributed by atoms with Crippen LogP contribution in [0.15, 0.2) is 83.8 Å². The fourth-order valence-electron chi connectivity index (χ4n) is 4.52. The van der Waals surface area contributed by atoms with Gasteiger partial charge in [0.05, 0.1) is 6.61 Å². The highest BCUT2D eigenvalue weighted by Gasteiger charge is 2.35. The molecule has 1 heterocycles. The molecule has 4 rings (SSSR count). The monoisotopic (exact) mass is 526 g/mol. The van der Waals surface area contributed by atoms with Crippen molar-refractivity contribution >= 4 is 27.5 Å². The molecule has 0 saturated carbocycles. The van der Waals surface area contributed by atoms with Gasteiger partial charge in [-0.3, -0.25) is 4.79 Å². The molecule has 3 aromatic carbocycles. The summed E-state index contributed by atoms with van der Waals surface area (Å²) >= 11 is 6.11. The first kappa shape index (κ1) is 26.2. The zero-order valence-corrected chi connectivity index (χ0v) is 21.9. The summed E-state index contributed by atoms with van der Waals surface area (Å²) in [5.74, 6) is 0.101. The van der Waals surface area contributed by atoms with E-state index < -0.39 is 10.0 Å². The number of carbonyl (C=O) groups excluding carboxylic acids is 1. The van der Waals surface area contributed by atoms with Crippen molar-refractivity contribution in [2.45, 2.75) is 37.8 Å². The third kappa shape index (κ3) is 6.27. The number of piperidine rings is 1. The molecule has 1 aliphatic heterocycles. The number of carbonyl (C=O) groups is 1. The number of ether oxygens (including phenoxy) is 1. The smallest absolute Gasteiger partial charge is 0.246 e. The Hall–Kier alpha value is -2.87. The van der Waals surface area contributed by atoms with Gasteiger partial charge in [0, 0.05) is 37.1 Å². The molecule has 0 aromatic heterocycles. The molecule has 1 amide bonds. The largest absolute Gasteiger partial charge is 0.492 e. The zero-order valence-electron chi connectivity index (χ0n) is 20.3. The van der Waals surface area contributed by atoms with Gasteiger partial charge in [0.1, 0.15) is 10.6 Å². The van der Waals surface area contributed by atoms with Crippen LogP contribution in [0.2, 0.25) is 5.02 Å². The van der Waals surface area contributed by atoms with E-state index in [4.69, 9.17) is 16.3 Å². The van der Waals surface area contributed by atoms with Crippen molar-refractivity contribution in [2.24, 2.45) is 5.92 Å². The Labute approximate surface area is 218 Å². The van der Waals surface area contributed by atoms with Crippen molar-refractivity contribution in [1.82, 2.24) is 9.21 Å². The number of nitrogens with zero attached hydrogens (tertiary/aromatic N) is 2. The average molecular weight is 527 g/mol. The lowest BCUT2D eigenvalue weighted by molar-refractivity contribution is -0.138. The molecule has 1 aliphatic rings. The molecular formula is C28H31ClN2O4S. The molecule has 1 fully saturated rings. The van der Waals surface area contributed by atoms with E-state index in [1.54, 1.807) is 19.1 Å². The van der Waals surface area contributed by atoms with Crippen molar-refractivity contribution in [3.05, 3.63) is 95.0 Å². The Balaban J connectivity index is 1.48. The van der Waals surface area contributed by atoms with Gasteiger partial charge < -0.3 is 9.64 Å². The van der Waals surface area contributed by atoms with Crippen LogP contribution in [0.5, 0.6) is 5.75 Å². The van der Waals surface area contributed by atoms with E-state index in [1.165, 1.54) is 10.4 Å². The average Bonchev–Trinajstić information content (AvgIpc) is 2.90. The maximum absolute atomic E-state index is 13.6. The first-order chi connectivity index (χ1) is 17.4. The lowest BCUT2D eigenvalue weighted by atomic mass is 9.96. The molecule has 0 radical (unpaired) electrons. The Morgan fingerprint density at radius 1 is 0.944 bits per heavy atom. The lowest BCUT2D eigenvalue weighted by Gasteiger charge is -2.34. The number of hydrogen-bond donors (Lipinski definition) is 0. The Kier molecular flexibility index (Phi) is 8.67. The summed E-state index contributed by atoms with van der Waals surface area (Å²) in [4.78, 5) is 15.6. The molecule has 190 valence electrons. The second-order valence-corrected chi connectivity index (χ2v) is 11.2. The number of rotatable bonds is 9. The number of hydrogen-bond acceptors (Lipinski definition) is 4. The zero-order chi connectivity index (χ0) is 25.5. The van der Waals surface area contributed by atoms with Gasteiger partial charge in [-0.1, -0.05) is 72.3 Å². The van der Waals surface area contributed by atoms with Crippen LogP contribution in [-0.4, -0.2) is 43.2 Å². The topological polar surface area (TPSA) is 66.9 Å². The maximum atomic E-state index is 13.6. The minimum Gasteiger partial charge on any atom is -0.492 e. The normalized spacial score (nSPS) is 14.9. The standard InChI is InChI=1S/C28H31ClN2O4S/c1-2-35-26-14-13-25(29)19-27(26)36(33,34)31-17-15-24(16-18-31)28(32)30(20-22-9-5-3-6-10-22)21-23-11-7-4-8-12-23/h3-14,19,24H,2,15-18,20-21H2,1H3. The summed E-state index contributed by atoms with van der Waals surface area (Å²) in [5, 5.41) is 0.333. The molecule has 0 N–H and O–H groups in total. The first-order valence-corrected chi connectivity index (χ1v) is 14.0. The second kappa shape index (κ2) is 11.9. The molecule has 8 heteroatoms. The van der Waals surface area contributed by atoms with Crippen molar-refractivity contribution in [3.8, 4) is 5.75 Å². The highest BCUT2D eigenvalue weighted by molar-refractivity contribution is 7.89. The Bertz CT molecular complexity index is 1220. The summed E-state index contributed by atoms with van der Waals surface area (Å²) in [7, 11) is -3.80. The molecular weight excluding hydrogens is 496 g/mol. The summed E-state index contributed by atoms with van der Waals surface area (Å²) in [6.45, 7) is 3.70. The van der Waals surface area contributed by atoms with Crippen molar-refractivity contribution in [3.63, 3.8) is 0 Å². The summed E-state index contributed by atoms with van der Waals surface area (Å²) in [6, 6.07) is 24.5. The van der Waals surface area contributed by atoms with Crippen LogP contribution in [-0.2, 0) is 27.9 Å². The van der Waals surface area contributed by atoms with Gasteiger partial charge in [0.2, 0.25) is 15.9 Å². The van der Waals surface area contributed by atoms with E-state index in [1.807, 2.05) is 65.6 Å². The predicted molar refractivity (Wildman–Crippen MR) is 141 cm³/mol. The Morgan fingerprint density at radius 2 is 1.50 bits per heavy atom. The third-order valence-corrected chi connectivity index (χ3v) is 8.53. The van der Waals surface area contributed by atoms with Gasteiger partial charge >= 0.3 is 0 Å². The van der Waals surface area contributed by atoms with Crippen molar-refractivity contribution in [2.75, 3.05) is 19.7 Å². The van der Waals surface area contributed by atoms with E-state index in [2.05, 4.69) is 0 Å². The highest BCUT2D eigenvalue weighted by atomic mass is 35.5. The number of benzene rings is 3. The molecule has 0 bridgehead atoms. The van der Waals surface area contributed by atoms with Crippen LogP contribution in [0.1, 0.15) is 30.9 Å². The van der Waals surface area contributed by atoms with E-state index >= 15 is 0 Å². The molecule has 3 aromatic rings. The maximum Gasteiger partial charge on any atom is 0.246 e. The van der Waals surface area contributed by atoms with Crippen LogP contribution in [0.25, 0.3) is 0 Å². The molecule has 6 nitrogen and oxygen atoms in total. The fraction of sp³-hybridized carbons (Fsp3) is 0.321. The van der Waals surface area contributed by atoms with E-state index in [9.17, 15) is 13.2 Å². The molecule has 0 unspecified atom stereocenters. The predicted octanol–water partition coefficient (Wildman–Crippen LogP) is 5.37. The van der Waals surface area contributed by atoms with Gasteiger partial charge in [0.25, 0.3) is 0 Å². The van der Waals surface area contributed by atoms with Crippen molar-refractivity contribution in [1.29, 1.82) is 0 Å². The minimum absolute atomic E-state index is 0.0533. The second-order valence-electron chi connectivity index (χ2n) is 8.87. The first-order valence-electron chi connectivity index (χ1n) is 12.2. The quantitative estimate of drug-likeness (QED) is 0.376. The number of halogens is 1. The van der Waals surface area contributed by atoms with Crippen LogP contribution in [0.4, 0.5) is 0 Å². The molecule has 1 saturated heterocycles. The van der Waals surface area contributed by atoms with Crippen LogP contribution >= 0.6 is 11.6 Å². The van der Waals surface area contributed by atoms with Crippen LogP contribution in [0.3, 0.4) is 0 Å². The molecule has 36 heavy (non-hydrogen) atoms. The van der Waals surface area contributed by atoms with Crippen LogP contribution < -0.4 is 4.74 Å². The van der Waals surface area contributed by atoms with E-state index in [0.29, 0.717) is 37.6 Å². The lowest BCUT2D eigenvalue weighted by Crippen LogP contribution is -2.44. The minimum atomic E-state index is -3.80. The number of sulfonamides is 1. The van der Waals surface area contributed by atoms with E-state index in [0.717, 1.165) is 11.1 Å². The van der Waals surface area contributed by atoms with Gasteiger partial charge in [-0.15, -0.1) is 0 Å². The SMILES string of the molecule is CCOc1ccc(Cl)cc1S(=O)(=O)N1CCC(C(=O)N(Cc2ccccc2)Cc2ccccc2)CC1. The van der Waals surface area contributed by atoms with Crippen molar-refractivity contribution < 1.29 is 17.9 Å². The summed E-state index contributed by atoms with van der Waals surface area (Å²) in [6.07, 6.45) is 0.922. The summed E-state index contributed by atoms with van der Waals surface area (Å²) < 4.78 is 33.8. The fourth-order valence-corrected chi connectivity index (χ4v) is 6.38. The summed E-state index contributed by atoms with van der Waals surface area (Å²) in [5.41, 5.74) is 2.12. The highest BCUT2D eigenvalue weighted by Crippen LogP contribution is 2.32. The van der Waals surface area contributed by atoms with Gasteiger partial charge in [0.15, 0.2) is 0 Å².